The van der Waals surface area contributed by atoms with Crippen molar-refractivity contribution in [2.75, 3.05) is 6.54 Å². The van der Waals surface area contributed by atoms with Crippen LogP contribution in [0.3, 0.4) is 0 Å². The number of nitrogens with one attached hydrogen (secondary N) is 1. The molecule has 1 aliphatic rings. The summed E-state index contributed by atoms with van der Waals surface area (Å²) in [5.41, 5.74) is 4.41. The highest BCUT2D eigenvalue weighted by Gasteiger charge is 2.37. The maximum Gasteiger partial charge on any atom is 0.272 e. The van der Waals surface area contributed by atoms with Gasteiger partial charge in [0, 0.05) is 23.7 Å². The number of hydrogen-bond acceptors (Lipinski definition) is 4. The smallest absolute Gasteiger partial charge is 0.272 e. The molecule has 0 spiro atoms. The van der Waals surface area contributed by atoms with E-state index < -0.39 is 21.7 Å². The van der Waals surface area contributed by atoms with Crippen LogP contribution in [0.4, 0.5) is 4.39 Å². The van der Waals surface area contributed by atoms with Crippen molar-refractivity contribution in [3.05, 3.63) is 147 Å². The Bertz CT molecular complexity index is 2060. The number of amides is 1. The third kappa shape index (κ3) is 6.37. The first-order chi connectivity index (χ1) is 22.0. The average molecular weight is 676 g/mol. The Morgan fingerprint density at radius 1 is 0.957 bits per heavy atom. The molecule has 11 heteroatoms. The minimum absolute atomic E-state index is 0.0427. The minimum atomic E-state index is -4.01. The lowest BCUT2D eigenvalue weighted by atomic mass is 9.98. The lowest BCUT2D eigenvalue weighted by Gasteiger charge is -2.29. The van der Waals surface area contributed by atoms with E-state index in [1.807, 2.05) is 44.2 Å². The summed E-state index contributed by atoms with van der Waals surface area (Å²) in [5.74, 6) is -0.883. The lowest BCUT2D eigenvalue weighted by Crippen LogP contribution is -2.37. The van der Waals surface area contributed by atoms with Crippen molar-refractivity contribution in [1.29, 1.82) is 0 Å². The molecule has 5 aromatic rings. The number of carbonyl (C=O) groups is 1. The van der Waals surface area contributed by atoms with Gasteiger partial charge in [0.15, 0.2) is 5.69 Å². The fraction of sp³-hybridized carbons (Fsp3) is 0.143. The SMILES string of the molecule is Cc1ccc(S(=O)(=O)N2C/C(=C\c3ccc(F)cc3)c3c(c(C(=O)N[C@H](C)c4ccccc4)nn3-c3ccc(Cl)cc3Cl)C2)cc1. The van der Waals surface area contributed by atoms with E-state index >= 15 is 0 Å². The maximum atomic E-state index is 14.0. The molecule has 2 heterocycles. The summed E-state index contributed by atoms with van der Waals surface area (Å²) >= 11 is 12.9. The van der Waals surface area contributed by atoms with E-state index in [2.05, 4.69) is 5.32 Å². The number of aryl methyl sites for hydroxylation is 1. The molecule has 234 valence electrons. The molecule has 1 atom stereocenters. The van der Waals surface area contributed by atoms with Gasteiger partial charge in [-0.1, -0.05) is 83.4 Å². The molecule has 0 radical (unpaired) electrons. The lowest BCUT2D eigenvalue weighted by molar-refractivity contribution is 0.0933. The molecular weight excluding hydrogens is 646 g/mol. The summed E-state index contributed by atoms with van der Waals surface area (Å²) in [6.45, 7) is 3.57. The Balaban J connectivity index is 1.54. The molecule has 0 fully saturated rings. The Kier molecular flexibility index (Phi) is 8.85. The first-order valence-corrected chi connectivity index (χ1v) is 16.7. The van der Waals surface area contributed by atoms with E-state index in [9.17, 15) is 17.6 Å². The van der Waals surface area contributed by atoms with Crippen LogP contribution in [0.2, 0.25) is 10.0 Å². The van der Waals surface area contributed by atoms with Crippen LogP contribution in [0, 0.1) is 12.7 Å². The van der Waals surface area contributed by atoms with Crippen LogP contribution >= 0.6 is 23.2 Å². The first kappa shape index (κ1) is 31.7. The van der Waals surface area contributed by atoms with E-state index in [1.165, 1.54) is 16.4 Å². The van der Waals surface area contributed by atoms with Crippen LogP contribution in [0.1, 0.15) is 51.4 Å². The number of fused-ring (bicyclic) bond motifs is 1. The van der Waals surface area contributed by atoms with Crippen molar-refractivity contribution < 1.29 is 17.6 Å². The summed E-state index contributed by atoms with van der Waals surface area (Å²) < 4.78 is 44.8. The molecule has 1 aliphatic heterocycles. The summed E-state index contributed by atoms with van der Waals surface area (Å²) in [5, 5.41) is 8.48. The largest absolute Gasteiger partial charge is 0.344 e. The number of carbonyl (C=O) groups excluding carboxylic acids is 1. The van der Waals surface area contributed by atoms with E-state index in [1.54, 1.807) is 65.4 Å². The molecule has 0 bridgehead atoms. The topological polar surface area (TPSA) is 84.3 Å². The zero-order valence-corrected chi connectivity index (χ0v) is 27.2. The van der Waals surface area contributed by atoms with Gasteiger partial charge in [0.25, 0.3) is 5.91 Å². The minimum Gasteiger partial charge on any atom is -0.344 e. The molecule has 0 unspecified atom stereocenters. The molecule has 0 saturated carbocycles. The fourth-order valence-corrected chi connectivity index (χ4v) is 7.31. The third-order valence-electron chi connectivity index (χ3n) is 7.84. The second-order valence-electron chi connectivity index (χ2n) is 11.1. The van der Waals surface area contributed by atoms with Gasteiger partial charge >= 0.3 is 0 Å². The van der Waals surface area contributed by atoms with Crippen molar-refractivity contribution in [1.82, 2.24) is 19.4 Å². The van der Waals surface area contributed by atoms with Crippen molar-refractivity contribution in [2.24, 2.45) is 0 Å². The van der Waals surface area contributed by atoms with Crippen molar-refractivity contribution in [3.63, 3.8) is 0 Å². The molecule has 0 aliphatic carbocycles. The monoisotopic (exact) mass is 674 g/mol. The Labute approximate surface area is 276 Å². The van der Waals surface area contributed by atoms with Crippen molar-refractivity contribution >= 4 is 50.8 Å². The molecule has 1 amide bonds. The molecule has 4 aromatic carbocycles. The second-order valence-corrected chi connectivity index (χ2v) is 13.9. The highest BCUT2D eigenvalue weighted by atomic mass is 35.5. The van der Waals surface area contributed by atoms with E-state index in [0.29, 0.717) is 38.1 Å². The highest BCUT2D eigenvalue weighted by Crippen LogP contribution is 2.38. The van der Waals surface area contributed by atoms with Crippen LogP contribution in [0.5, 0.6) is 0 Å². The normalized spacial score (nSPS) is 15.0. The summed E-state index contributed by atoms with van der Waals surface area (Å²) in [4.78, 5) is 14.1. The van der Waals surface area contributed by atoms with Crippen molar-refractivity contribution in [2.45, 2.75) is 31.3 Å². The number of benzene rings is 4. The molecule has 1 N–H and O–H groups in total. The zero-order chi connectivity index (χ0) is 32.6. The Hall–Kier alpha value is -4.28. The quantitative estimate of drug-likeness (QED) is 0.190. The van der Waals surface area contributed by atoms with E-state index in [-0.39, 0.29) is 29.7 Å². The van der Waals surface area contributed by atoms with Crippen LogP contribution in [-0.4, -0.2) is 35.0 Å². The number of hydrogen-bond donors (Lipinski definition) is 1. The third-order valence-corrected chi connectivity index (χ3v) is 10.2. The van der Waals surface area contributed by atoms with Crippen LogP contribution in [-0.2, 0) is 16.6 Å². The summed E-state index contributed by atoms with van der Waals surface area (Å²) in [7, 11) is -4.01. The van der Waals surface area contributed by atoms with Crippen LogP contribution in [0.25, 0.3) is 17.3 Å². The summed E-state index contributed by atoms with van der Waals surface area (Å²) in [6.07, 6.45) is 1.77. The van der Waals surface area contributed by atoms with Gasteiger partial charge in [-0.3, -0.25) is 4.79 Å². The fourth-order valence-electron chi connectivity index (χ4n) is 5.43. The standard InChI is InChI=1S/C35H29Cl2FN4O3S/c1-22-8-15-29(16-9-22)46(44,45)41-20-26(18-24-10-13-28(38)14-11-24)34-30(21-41)33(35(43)39-23(2)25-6-4-3-5-7-25)40-42(34)32-17-12-27(36)19-31(32)37/h3-19,23H,20-21H2,1-2H3,(H,39,43)/b26-18+/t23-/m1/s1. The number of rotatable bonds is 7. The predicted octanol–water partition coefficient (Wildman–Crippen LogP) is 7.86. The Morgan fingerprint density at radius 3 is 2.33 bits per heavy atom. The van der Waals surface area contributed by atoms with Gasteiger partial charge in [-0.2, -0.15) is 9.40 Å². The number of sulfonamides is 1. The van der Waals surface area contributed by atoms with Crippen LogP contribution < -0.4 is 5.32 Å². The molecule has 1 aromatic heterocycles. The van der Waals surface area contributed by atoms with Gasteiger partial charge in [0.1, 0.15) is 5.82 Å². The Morgan fingerprint density at radius 2 is 1.65 bits per heavy atom. The maximum absolute atomic E-state index is 14.0. The van der Waals surface area contributed by atoms with Gasteiger partial charge in [-0.25, -0.2) is 17.5 Å². The number of halogens is 3. The van der Waals surface area contributed by atoms with Crippen molar-refractivity contribution in [3.8, 4) is 5.69 Å². The van der Waals surface area contributed by atoms with Gasteiger partial charge in [-0.05, 0) is 79.1 Å². The second kappa shape index (κ2) is 12.8. The molecule has 6 rings (SSSR count). The van der Waals surface area contributed by atoms with Gasteiger partial charge in [0.2, 0.25) is 10.0 Å². The van der Waals surface area contributed by atoms with Gasteiger partial charge in [-0.15, -0.1) is 0 Å². The number of nitrogens with zero attached hydrogens (tertiary/aromatic N) is 3. The predicted molar refractivity (Wildman–Crippen MR) is 179 cm³/mol. The van der Waals surface area contributed by atoms with E-state index in [0.717, 1.165) is 11.1 Å². The molecule has 7 nitrogen and oxygen atoms in total. The van der Waals surface area contributed by atoms with E-state index in [4.69, 9.17) is 28.3 Å². The zero-order valence-electron chi connectivity index (χ0n) is 24.9. The van der Waals surface area contributed by atoms with Crippen LogP contribution in [0.15, 0.2) is 102 Å². The summed E-state index contributed by atoms with van der Waals surface area (Å²) in [6, 6.07) is 26.5. The molecular formula is C35H29Cl2FN4O3S. The van der Waals surface area contributed by atoms with Gasteiger partial charge in [0.05, 0.1) is 27.3 Å². The molecule has 46 heavy (non-hydrogen) atoms. The first-order valence-electron chi connectivity index (χ1n) is 14.5. The van der Waals surface area contributed by atoms with Gasteiger partial charge < -0.3 is 5.32 Å². The number of aromatic nitrogens is 2. The average Bonchev–Trinajstić information content (AvgIpc) is 3.42. The highest BCUT2D eigenvalue weighted by molar-refractivity contribution is 7.89. The molecule has 0 saturated heterocycles.